The van der Waals surface area contributed by atoms with Crippen LogP contribution in [0.25, 0.3) is 11.0 Å². The third-order valence-corrected chi connectivity index (χ3v) is 10.6. The number of piperazine rings is 1. The number of thioether (sulfide) groups is 1. The highest BCUT2D eigenvalue weighted by Crippen LogP contribution is 2.30. The quantitative estimate of drug-likeness (QED) is 0.425. The highest BCUT2D eigenvalue weighted by Gasteiger charge is 2.31. The van der Waals surface area contributed by atoms with Gasteiger partial charge in [0.05, 0.1) is 24.5 Å². The maximum Gasteiger partial charge on any atom is 0.333 e. The topological polar surface area (TPSA) is 110 Å². The summed E-state index contributed by atoms with van der Waals surface area (Å²) in [6, 6.07) is 10.5. The molecule has 10 nitrogen and oxygen atoms in total. The molecule has 1 atom stereocenters. The number of nitrogens with one attached hydrogen (secondary N) is 1. The van der Waals surface area contributed by atoms with Crippen LogP contribution in [0, 0.1) is 5.82 Å². The first-order valence-corrected chi connectivity index (χ1v) is 17.2. The molecular formula is C33H41FN6O4S. The molecule has 1 aliphatic carbocycles. The van der Waals surface area contributed by atoms with Gasteiger partial charge in [-0.25, -0.2) is 14.2 Å². The number of benzene rings is 1. The Labute approximate surface area is 266 Å². The lowest BCUT2D eigenvalue weighted by molar-refractivity contribution is -0.135. The molecule has 12 heteroatoms. The minimum atomic E-state index is -0.600. The molecule has 3 aliphatic rings. The molecule has 3 fully saturated rings. The molecule has 1 N–H and O–H groups in total. The average Bonchev–Trinajstić information content (AvgIpc) is 3.03. The molecule has 0 spiro atoms. The normalized spacial score (nSPS) is 23.2. The molecule has 1 aromatic carbocycles. The molecule has 1 saturated carbocycles. The van der Waals surface area contributed by atoms with E-state index in [1.807, 2.05) is 53.9 Å². The van der Waals surface area contributed by atoms with Crippen LogP contribution in [0.15, 0.2) is 52.2 Å². The number of carbonyl (C=O) groups excluding carboxylic acids is 2. The smallest absolute Gasteiger partial charge is 0.333 e. The second kappa shape index (κ2) is 13.9. The molecular weight excluding hydrogens is 595 g/mol. The average molecular weight is 637 g/mol. The van der Waals surface area contributed by atoms with Crippen LogP contribution in [0.3, 0.4) is 0 Å². The van der Waals surface area contributed by atoms with Crippen LogP contribution in [0.1, 0.15) is 63.1 Å². The summed E-state index contributed by atoms with van der Waals surface area (Å²) < 4.78 is 17.1. The van der Waals surface area contributed by atoms with Crippen LogP contribution in [0.4, 0.5) is 4.39 Å². The van der Waals surface area contributed by atoms with Crippen molar-refractivity contribution >= 4 is 34.6 Å². The second-order valence-corrected chi connectivity index (χ2v) is 13.8. The summed E-state index contributed by atoms with van der Waals surface area (Å²) >= 11 is 1.84. The Balaban J connectivity index is 1.05. The molecule has 3 aromatic rings. The van der Waals surface area contributed by atoms with Gasteiger partial charge >= 0.3 is 5.69 Å². The molecule has 6 rings (SSSR count). The Bertz CT molecular complexity index is 1650. The van der Waals surface area contributed by atoms with Crippen molar-refractivity contribution in [3.05, 3.63) is 74.8 Å². The summed E-state index contributed by atoms with van der Waals surface area (Å²) in [6.07, 6.45) is 5.45. The first kappa shape index (κ1) is 31.5. The summed E-state index contributed by atoms with van der Waals surface area (Å²) in [5.74, 6) is 1.29. The summed E-state index contributed by atoms with van der Waals surface area (Å²) in [5.41, 5.74) is 0.394. The number of halogens is 1. The van der Waals surface area contributed by atoms with Gasteiger partial charge in [0.1, 0.15) is 11.5 Å². The van der Waals surface area contributed by atoms with Crippen molar-refractivity contribution in [2.24, 2.45) is 0 Å². The third kappa shape index (κ3) is 7.01. The minimum Gasteiger partial charge on any atom is -0.352 e. The molecule has 2 amide bonds. The maximum atomic E-state index is 14.2. The van der Waals surface area contributed by atoms with E-state index >= 15 is 0 Å². The number of pyridine rings is 1. The molecule has 0 bridgehead atoms. The zero-order chi connectivity index (χ0) is 31.5. The second-order valence-electron chi connectivity index (χ2n) is 12.6. The van der Waals surface area contributed by atoms with Crippen LogP contribution >= 0.6 is 11.8 Å². The molecule has 45 heavy (non-hydrogen) atoms. The lowest BCUT2D eigenvalue weighted by Crippen LogP contribution is -2.56. The van der Waals surface area contributed by atoms with E-state index in [0.717, 1.165) is 36.1 Å². The van der Waals surface area contributed by atoms with Gasteiger partial charge < -0.3 is 10.2 Å². The predicted octanol–water partition coefficient (Wildman–Crippen LogP) is 3.14. The van der Waals surface area contributed by atoms with Crippen molar-refractivity contribution in [1.82, 2.24) is 29.2 Å². The standard InChI is InChI=1S/C33H41FN6O4S/c1-22-20-37(13-14-38(22)30(42)17-23-5-3-2-4-6-23)21-29(41)36-25-7-9-26(10-8-25)40-32(43)28-18-24(34)19-35-31(28)39(33(40)44)27-11-15-45-16-12-27/h2-6,18-19,22,25-27H,7-17,20-21H2,1H3,(H,36,41). The van der Waals surface area contributed by atoms with Gasteiger partial charge in [0, 0.05) is 43.8 Å². The SMILES string of the molecule is CC1CN(CC(=O)NC2CCC(n3c(=O)c4cc(F)cnc4n(C4CCSCC4)c3=O)CC2)CCN1C(=O)Cc1ccccc1. The van der Waals surface area contributed by atoms with E-state index < -0.39 is 11.4 Å². The van der Waals surface area contributed by atoms with Gasteiger partial charge in [-0.2, -0.15) is 11.8 Å². The maximum absolute atomic E-state index is 14.2. The number of fused-ring (bicyclic) bond motifs is 1. The van der Waals surface area contributed by atoms with Gasteiger partial charge in [0.25, 0.3) is 5.56 Å². The fourth-order valence-corrected chi connectivity index (χ4v) is 8.25. The fourth-order valence-electron chi connectivity index (χ4n) is 7.17. The van der Waals surface area contributed by atoms with Crippen LogP contribution < -0.4 is 16.6 Å². The third-order valence-electron chi connectivity index (χ3n) is 9.50. The zero-order valence-electron chi connectivity index (χ0n) is 25.7. The van der Waals surface area contributed by atoms with Gasteiger partial charge in [-0.3, -0.25) is 28.4 Å². The largest absolute Gasteiger partial charge is 0.352 e. The molecule has 2 aliphatic heterocycles. The molecule has 2 aromatic heterocycles. The Morgan fingerprint density at radius 3 is 2.40 bits per heavy atom. The van der Waals surface area contributed by atoms with Crippen LogP contribution in [0.5, 0.6) is 0 Å². The van der Waals surface area contributed by atoms with Gasteiger partial charge in [0.2, 0.25) is 11.8 Å². The number of rotatable bonds is 7. The summed E-state index contributed by atoms with van der Waals surface area (Å²) in [6.45, 7) is 4.14. The van der Waals surface area contributed by atoms with Crippen molar-refractivity contribution in [2.75, 3.05) is 37.7 Å². The lowest BCUT2D eigenvalue weighted by atomic mass is 9.91. The first-order chi connectivity index (χ1) is 21.8. The molecule has 2 saturated heterocycles. The van der Waals surface area contributed by atoms with E-state index in [2.05, 4.69) is 15.2 Å². The van der Waals surface area contributed by atoms with Gasteiger partial charge in [0.15, 0.2) is 0 Å². The highest BCUT2D eigenvalue weighted by atomic mass is 32.2. The first-order valence-electron chi connectivity index (χ1n) is 16.0. The predicted molar refractivity (Wildman–Crippen MR) is 173 cm³/mol. The number of hydrogen-bond donors (Lipinski definition) is 1. The van der Waals surface area contributed by atoms with Gasteiger partial charge in [-0.05, 0) is 68.6 Å². The van der Waals surface area contributed by atoms with E-state index in [1.165, 1.54) is 10.6 Å². The van der Waals surface area contributed by atoms with Crippen molar-refractivity contribution in [2.45, 2.75) is 76.0 Å². The van der Waals surface area contributed by atoms with Crippen molar-refractivity contribution in [3.8, 4) is 0 Å². The highest BCUT2D eigenvalue weighted by molar-refractivity contribution is 7.99. The van der Waals surface area contributed by atoms with E-state index in [1.54, 1.807) is 4.57 Å². The summed E-state index contributed by atoms with van der Waals surface area (Å²) in [4.78, 5) is 61.5. The molecule has 1 unspecified atom stereocenters. The number of nitrogens with zero attached hydrogens (tertiary/aromatic N) is 5. The molecule has 4 heterocycles. The Morgan fingerprint density at radius 1 is 0.978 bits per heavy atom. The number of amides is 2. The van der Waals surface area contributed by atoms with E-state index in [-0.39, 0.29) is 59.2 Å². The number of hydrogen-bond acceptors (Lipinski definition) is 7. The van der Waals surface area contributed by atoms with Gasteiger partial charge in [-0.15, -0.1) is 0 Å². The number of carbonyl (C=O) groups is 2. The monoisotopic (exact) mass is 636 g/mol. The summed E-state index contributed by atoms with van der Waals surface area (Å²) in [7, 11) is 0. The van der Waals surface area contributed by atoms with E-state index in [4.69, 9.17) is 0 Å². The van der Waals surface area contributed by atoms with Crippen LogP contribution in [0.2, 0.25) is 0 Å². The van der Waals surface area contributed by atoms with E-state index in [0.29, 0.717) is 51.7 Å². The Hall–Kier alpha value is -3.51. The van der Waals surface area contributed by atoms with E-state index in [9.17, 15) is 23.6 Å². The minimum absolute atomic E-state index is 0.0125. The molecule has 0 radical (unpaired) electrons. The van der Waals surface area contributed by atoms with Crippen molar-refractivity contribution in [1.29, 1.82) is 0 Å². The van der Waals surface area contributed by atoms with Crippen LogP contribution in [-0.2, 0) is 16.0 Å². The lowest BCUT2D eigenvalue weighted by Gasteiger charge is -2.40. The zero-order valence-corrected chi connectivity index (χ0v) is 26.5. The van der Waals surface area contributed by atoms with Crippen molar-refractivity contribution < 1.29 is 14.0 Å². The fraction of sp³-hybridized carbons (Fsp3) is 0.545. The van der Waals surface area contributed by atoms with Gasteiger partial charge in [-0.1, -0.05) is 30.3 Å². The van der Waals surface area contributed by atoms with Crippen LogP contribution in [-0.4, -0.2) is 85.5 Å². The van der Waals surface area contributed by atoms with Crippen molar-refractivity contribution in [3.63, 3.8) is 0 Å². The Kier molecular flexibility index (Phi) is 9.70. The molecule has 240 valence electrons. The number of aromatic nitrogens is 3. The Morgan fingerprint density at radius 2 is 1.69 bits per heavy atom. The summed E-state index contributed by atoms with van der Waals surface area (Å²) in [5, 5.41) is 3.29.